The Balaban J connectivity index is 3.18. The van der Waals surface area contributed by atoms with E-state index in [9.17, 15) is 8.42 Å². The van der Waals surface area contributed by atoms with Crippen LogP contribution in [0.4, 0.5) is 0 Å². The maximum Gasteiger partial charge on any atom is 0.353 e. The third-order valence-corrected chi connectivity index (χ3v) is 2.98. The van der Waals surface area contributed by atoms with Gasteiger partial charge in [-0.15, -0.1) is 0 Å². The van der Waals surface area contributed by atoms with Gasteiger partial charge in [0.05, 0.1) is 0 Å². The van der Waals surface area contributed by atoms with Crippen molar-refractivity contribution in [3.63, 3.8) is 0 Å². The zero-order valence-corrected chi connectivity index (χ0v) is 8.51. The van der Waals surface area contributed by atoms with Gasteiger partial charge in [0.1, 0.15) is 4.90 Å². The molecule has 76 valence electrons. The monoisotopic (exact) mass is 214 g/mol. The summed E-state index contributed by atoms with van der Waals surface area (Å²) in [5.41, 5.74) is 11.1. The summed E-state index contributed by atoms with van der Waals surface area (Å²) in [6.45, 7) is 1.87. The molecule has 0 bridgehead atoms. The third-order valence-electron chi connectivity index (χ3n) is 1.58. The van der Waals surface area contributed by atoms with Crippen molar-refractivity contribution in [1.29, 1.82) is 0 Å². The zero-order chi connectivity index (χ0) is 10.8. The number of aryl methyl sites for hydroxylation is 1. The first kappa shape index (κ1) is 10.5. The second-order valence-corrected chi connectivity index (χ2v) is 4.56. The first-order valence-corrected chi connectivity index (χ1v) is 5.37. The molecule has 0 fully saturated rings. The summed E-state index contributed by atoms with van der Waals surface area (Å²) in [6, 6.07) is 6.36. The number of nitrogens with one attached hydrogen (secondary N) is 1. The van der Waals surface area contributed by atoms with Crippen molar-refractivity contribution in [3.05, 3.63) is 29.8 Å². The van der Waals surface area contributed by atoms with E-state index in [-0.39, 0.29) is 10.9 Å². The van der Waals surface area contributed by atoms with Crippen LogP contribution in [0.25, 0.3) is 0 Å². The molecule has 0 aliphatic carbocycles. The van der Waals surface area contributed by atoms with Crippen LogP contribution in [0.2, 0.25) is 0 Å². The van der Waals surface area contributed by atoms with E-state index in [0.717, 1.165) is 5.56 Å². The highest BCUT2D eigenvalue weighted by atomic mass is 32.2. The van der Waals surface area contributed by atoms with Crippen LogP contribution >= 0.6 is 0 Å². The van der Waals surface area contributed by atoms with Gasteiger partial charge in [-0.05, 0) is 19.1 Å². The van der Waals surface area contributed by atoms with Crippen molar-refractivity contribution in [2.75, 3.05) is 0 Å². The summed E-state index contributed by atoms with van der Waals surface area (Å²) in [4.78, 5) is 0.136. The van der Waals surface area contributed by atoms with Crippen LogP contribution in [0.5, 0.6) is 0 Å². The Morgan fingerprint density at radius 2 is 1.71 bits per heavy atom. The molecule has 5 nitrogen and oxygen atoms in total. The molecule has 1 rings (SSSR count). The third kappa shape index (κ3) is 2.46. The Bertz CT molecular complexity index is 444. The molecule has 0 saturated heterocycles. The summed E-state index contributed by atoms with van der Waals surface area (Å²) in [5, 5.41) is 0. The Hall–Kier alpha value is -1.56. The van der Waals surface area contributed by atoms with Gasteiger partial charge in [-0.2, -0.15) is 12.8 Å². The minimum Gasteiger partial charge on any atom is -0.290 e. The number of hydrogen-bond donors (Lipinski definition) is 3. The van der Waals surface area contributed by atoms with E-state index in [1.165, 1.54) is 12.1 Å². The molecule has 0 aliphatic rings. The standard InChI is InChI=1S/C8H11N3O2S/c1-6-2-4-7(5-3-6)14(12,13)11-8(9)10/h2-5H,1H3,(H4,9,10,11)/p+1. The highest BCUT2D eigenvalue weighted by Gasteiger charge is 2.13. The van der Waals surface area contributed by atoms with E-state index in [2.05, 4.69) is 0 Å². The summed E-state index contributed by atoms with van der Waals surface area (Å²) in [7, 11) is -3.61. The summed E-state index contributed by atoms with van der Waals surface area (Å²) in [6.07, 6.45) is 0. The van der Waals surface area contributed by atoms with Crippen LogP contribution in [-0.2, 0) is 10.0 Å². The van der Waals surface area contributed by atoms with Crippen molar-refractivity contribution in [2.24, 2.45) is 11.5 Å². The molecule has 1 aromatic carbocycles. The molecule has 0 unspecified atom stereocenters. The number of rotatable bonds is 2. The number of guanidine groups is 1. The van der Waals surface area contributed by atoms with E-state index in [1.54, 1.807) is 12.1 Å². The molecule has 1 aromatic rings. The maximum atomic E-state index is 11.5. The predicted octanol–water partition coefficient (Wildman–Crippen LogP) is -1.96. The molecule has 6 heteroatoms. The van der Waals surface area contributed by atoms with Gasteiger partial charge in [0, 0.05) is 0 Å². The lowest BCUT2D eigenvalue weighted by Gasteiger charge is -1.97. The molecule has 0 amide bonds. The summed E-state index contributed by atoms with van der Waals surface area (Å²) >= 11 is 0. The molecule has 0 heterocycles. The smallest absolute Gasteiger partial charge is 0.290 e. The lowest BCUT2D eigenvalue weighted by molar-refractivity contribution is -0.270. The van der Waals surface area contributed by atoms with E-state index < -0.39 is 10.0 Å². The van der Waals surface area contributed by atoms with Crippen molar-refractivity contribution < 1.29 is 12.8 Å². The fourth-order valence-corrected chi connectivity index (χ4v) is 1.85. The molecule has 5 N–H and O–H groups in total. The first-order chi connectivity index (χ1) is 6.42. The average Bonchev–Trinajstić information content (AvgIpc) is 2.02. The number of nitrogens with two attached hydrogens (primary N) is 2. The molecule has 0 saturated carbocycles. The van der Waals surface area contributed by atoms with E-state index in [4.69, 9.17) is 11.5 Å². The quantitative estimate of drug-likeness (QED) is 0.393. The van der Waals surface area contributed by atoms with Gasteiger partial charge in [0.15, 0.2) is 0 Å². The van der Waals surface area contributed by atoms with Crippen molar-refractivity contribution in [3.8, 4) is 0 Å². The zero-order valence-electron chi connectivity index (χ0n) is 7.69. The average molecular weight is 214 g/mol. The molecular formula is C8H12N3O2S+. The van der Waals surface area contributed by atoms with Crippen LogP contribution in [0.3, 0.4) is 0 Å². The minimum atomic E-state index is -3.61. The Kier molecular flexibility index (Phi) is 2.76. The lowest BCUT2D eigenvalue weighted by atomic mass is 10.2. The normalized spacial score (nSPS) is 10.9. The van der Waals surface area contributed by atoms with E-state index >= 15 is 0 Å². The lowest BCUT2D eigenvalue weighted by Crippen LogP contribution is -2.80. The highest BCUT2D eigenvalue weighted by Crippen LogP contribution is 2.06. The van der Waals surface area contributed by atoms with Gasteiger partial charge in [-0.3, -0.25) is 11.5 Å². The number of sulfonamides is 1. The topological polar surface area (TPSA) is 100 Å². The Labute approximate surface area is 82.5 Å². The highest BCUT2D eigenvalue weighted by molar-refractivity contribution is 7.84. The molecule has 0 aliphatic heterocycles. The summed E-state index contributed by atoms with van der Waals surface area (Å²) < 4.78 is 24.9. The van der Waals surface area contributed by atoms with Crippen molar-refractivity contribution >= 4 is 16.0 Å². The minimum absolute atomic E-state index is 0.136. The van der Waals surface area contributed by atoms with E-state index in [0.29, 0.717) is 0 Å². The second kappa shape index (κ2) is 3.67. The molecule has 0 radical (unpaired) electrons. The van der Waals surface area contributed by atoms with Crippen LogP contribution in [0, 0.1) is 6.92 Å². The van der Waals surface area contributed by atoms with E-state index in [1.807, 2.05) is 11.3 Å². The van der Waals surface area contributed by atoms with Crippen molar-refractivity contribution in [2.45, 2.75) is 11.8 Å². The number of hydrogen-bond acceptors (Lipinski definition) is 2. The van der Waals surface area contributed by atoms with Gasteiger partial charge in [0.2, 0.25) is 0 Å². The molecular weight excluding hydrogens is 202 g/mol. The largest absolute Gasteiger partial charge is 0.353 e. The van der Waals surface area contributed by atoms with Crippen LogP contribution < -0.4 is 15.9 Å². The Morgan fingerprint density at radius 3 is 2.14 bits per heavy atom. The van der Waals surface area contributed by atoms with Crippen molar-refractivity contribution in [1.82, 2.24) is 0 Å². The summed E-state index contributed by atoms with van der Waals surface area (Å²) in [5.74, 6) is -0.342. The fraction of sp³-hybridized carbons (Fsp3) is 0.125. The van der Waals surface area contributed by atoms with Crippen LogP contribution in [-0.4, -0.2) is 14.4 Å². The van der Waals surface area contributed by atoms with Gasteiger partial charge < -0.3 is 0 Å². The van der Waals surface area contributed by atoms with Crippen LogP contribution in [0.1, 0.15) is 5.56 Å². The SMILES string of the molecule is Cc1ccc(S(=O)(=O)[NH+]=C(N)N)cc1. The second-order valence-electron chi connectivity index (χ2n) is 2.87. The van der Waals surface area contributed by atoms with Gasteiger partial charge in [0.25, 0.3) is 0 Å². The van der Waals surface area contributed by atoms with Gasteiger partial charge in [-0.25, -0.2) is 0 Å². The fourth-order valence-electron chi connectivity index (χ4n) is 0.931. The van der Waals surface area contributed by atoms with Gasteiger partial charge >= 0.3 is 16.0 Å². The Morgan fingerprint density at radius 1 is 1.21 bits per heavy atom. The predicted molar refractivity (Wildman–Crippen MR) is 52.7 cm³/mol. The molecule has 14 heavy (non-hydrogen) atoms. The molecule has 0 atom stereocenters. The maximum absolute atomic E-state index is 11.5. The molecule has 0 spiro atoms. The van der Waals surface area contributed by atoms with Gasteiger partial charge in [-0.1, -0.05) is 17.7 Å². The molecule has 0 aromatic heterocycles. The van der Waals surface area contributed by atoms with Crippen LogP contribution in [0.15, 0.2) is 29.2 Å². The first-order valence-electron chi connectivity index (χ1n) is 3.89. The number of benzene rings is 1.